The third kappa shape index (κ3) is 2.49. The van der Waals surface area contributed by atoms with Crippen molar-refractivity contribution in [3.63, 3.8) is 0 Å². The van der Waals surface area contributed by atoms with E-state index in [0.717, 1.165) is 42.2 Å². The maximum absolute atomic E-state index is 14.2. The Morgan fingerprint density at radius 3 is 3.00 bits per heavy atom. The van der Waals surface area contributed by atoms with Gasteiger partial charge in [0.05, 0.1) is 28.6 Å². The lowest BCUT2D eigenvalue weighted by Crippen LogP contribution is -3.11. The van der Waals surface area contributed by atoms with Crippen molar-refractivity contribution in [3.05, 3.63) is 50.6 Å². The van der Waals surface area contributed by atoms with Crippen LogP contribution in [0.5, 0.6) is 0 Å². The molecule has 126 valence electrons. The third-order valence-electron chi connectivity index (χ3n) is 4.80. The van der Waals surface area contributed by atoms with E-state index in [1.54, 1.807) is 23.5 Å². The van der Waals surface area contributed by atoms with Gasteiger partial charge in [-0.05, 0) is 24.6 Å². The van der Waals surface area contributed by atoms with Gasteiger partial charge in [-0.3, -0.25) is 4.79 Å². The van der Waals surface area contributed by atoms with Crippen LogP contribution >= 0.6 is 22.9 Å². The summed E-state index contributed by atoms with van der Waals surface area (Å²) in [5.41, 5.74) is 2.16. The molecule has 0 aliphatic carbocycles. The quantitative estimate of drug-likeness (QED) is 0.764. The zero-order valence-corrected chi connectivity index (χ0v) is 14.8. The van der Waals surface area contributed by atoms with Crippen molar-refractivity contribution < 1.29 is 14.1 Å². The standard InChI is InChI=1S/C17H17ClFN3OS/c1-2-22-7-6-9-12(8-22)24-17-13(9)16(23)20-15(21-17)14-10(18)4-3-5-11(14)19/h3-5,15,21H,2,6-8H2,1H3,(H,20,23)/p+1. The van der Waals surface area contributed by atoms with E-state index in [-0.39, 0.29) is 11.5 Å². The summed E-state index contributed by atoms with van der Waals surface area (Å²) in [5, 5.41) is 7.25. The second-order valence-electron chi connectivity index (χ2n) is 6.17. The molecule has 0 fully saturated rings. The molecule has 0 radical (unpaired) electrons. The van der Waals surface area contributed by atoms with E-state index in [1.807, 2.05) is 0 Å². The first-order valence-electron chi connectivity index (χ1n) is 8.08. The van der Waals surface area contributed by atoms with Crippen LogP contribution in [0.15, 0.2) is 18.2 Å². The van der Waals surface area contributed by atoms with Gasteiger partial charge in [-0.2, -0.15) is 0 Å². The Kier molecular flexibility index (Phi) is 3.98. The highest BCUT2D eigenvalue weighted by Gasteiger charge is 2.35. The molecule has 1 aromatic heterocycles. The number of hydrogen-bond acceptors (Lipinski definition) is 3. The molecule has 4 nitrogen and oxygen atoms in total. The number of hydrogen-bond donors (Lipinski definition) is 3. The highest BCUT2D eigenvalue weighted by atomic mass is 35.5. The minimum absolute atomic E-state index is 0.148. The summed E-state index contributed by atoms with van der Waals surface area (Å²) in [6.07, 6.45) is 0.262. The van der Waals surface area contributed by atoms with Crippen molar-refractivity contribution >= 4 is 33.8 Å². The second-order valence-corrected chi connectivity index (χ2v) is 7.69. The summed E-state index contributed by atoms with van der Waals surface area (Å²) in [5.74, 6) is -0.572. The van der Waals surface area contributed by atoms with Crippen molar-refractivity contribution in [2.24, 2.45) is 0 Å². The fourth-order valence-corrected chi connectivity index (χ4v) is 5.10. The Bertz CT molecular complexity index is 802. The summed E-state index contributed by atoms with van der Waals surface area (Å²) in [7, 11) is 0. The van der Waals surface area contributed by atoms with Crippen LogP contribution in [-0.4, -0.2) is 19.0 Å². The molecule has 7 heteroatoms. The first-order chi connectivity index (χ1) is 11.6. The van der Waals surface area contributed by atoms with E-state index in [1.165, 1.54) is 15.8 Å². The molecular formula is C17H18ClFN3OS+. The smallest absolute Gasteiger partial charge is 0.256 e. The fourth-order valence-electron chi connectivity index (χ4n) is 3.48. The average Bonchev–Trinajstić information content (AvgIpc) is 2.92. The lowest BCUT2D eigenvalue weighted by Gasteiger charge is -2.28. The molecule has 0 saturated carbocycles. The number of anilines is 1. The number of benzene rings is 1. The molecule has 2 aliphatic heterocycles. The topological polar surface area (TPSA) is 45.6 Å². The van der Waals surface area contributed by atoms with Gasteiger partial charge in [0.25, 0.3) is 5.91 Å². The van der Waals surface area contributed by atoms with Gasteiger partial charge in [0.1, 0.15) is 23.5 Å². The van der Waals surface area contributed by atoms with Gasteiger partial charge < -0.3 is 15.5 Å². The second kappa shape index (κ2) is 6.02. The Hall–Kier alpha value is -1.63. The van der Waals surface area contributed by atoms with E-state index >= 15 is 0 Å². The van der Waals surface area contributed by atoms with Crippen molar-refractivity contribution in [2.45, 2.75) is 26.1 Å². The van der Waals surface area contributed by atoms with E-state index in [0.29, 0.717) is 5.02 Å². The number of likely N-dealkylation sites (N-methyl/N-ethyl adjacent to an activating group) is 1. The summed E-state index contributed by atoms with van der Waals surface area (Å²) in [6.45, 7) is 5.25. The van der Waals surface area contributed by atoms with E-state index in [4.69, 9.17) is 11.6 Å². The molecule has 3 heterocycles. The maximum Gasteiger partial charge on any atom is 0.256 e. The summed E-state index contributed by atoms with van der Waals surface area (Å²) < 4.78 is 14.2. The van der Waals surface area contributed by atoms with Gasteiger partial charge in [0, 0.05) is 12.0 Å². The molecule has 3 N–H and O–H groups in total. The van der Waals surface area contributed by atoms with Crippen molar-refractivity contribution in [2.75, 3.05) is 18.4 Å². The molecular weight excluding hydrogens is 349 g/mol. The van der Waals surface area contributed by atoms with Crippen LogP contribution in [-0.2, 0) is 13.0 Å². The fraction of sp³-hybridized carbons (Fsp3) is 0.353. The van der Waals surface area contributed by atoms with E-state index < -0.39 is 12.0 Å². The zero-order valence-electron chi connectivity index (χ0n) is 13.2. The van der Waals surface area contributed by atoms with Gasteiger partial charge in [-0.1, -0.05) is 17.7 Å². The van der Waals surface area contributed by atoms with Gasteiger partial charge in [-0.15, -0.1) is 11.3 Å². The van der Waals surface area contributed by atoms with Gasteiger partial charge in [-0.25, -0.2) is 4.39 Å². The zero-order chi connectivity index (χ0) is 16.8. The summed E-state index contributed by atoms with van der Waals surface area (Å²) in [6, 6.07) is 4.54. The molecule has 1 aromatic carbocycles. The average molecular weight is 367 g/mol. The van der Waals surface area contributed by atoms with Crippen molar-refractivity contribution in [1.29, 1.82) is 0 Å². The molecule has 2 atom stereocenters. The summed E-state index contributed by atoms with van der Waals surface area (Å²) in [4.78, 5) is 15.4. The molecule has 4 rings (SSSR count). The number of carbonyl (C=O) groups excluding carboxylic acids is 1. The maximum atomic E-state index is 14.2. The summed E-state index contributed by atoms with van der Waals surface area (Å²) >= 11 is 7.76. The van der Waals surface area contributed by atoms with Crippen LogP contribution in [0.2, 0.25) is 5.02 Å². The monoisotopic (exact) mass is 366 g/mol. The number of amides is 1. The van der Waals surface area contributed by atoms with Gasteiger partial charge >= 0.3 is 0 Å². The highest BCUT2D eigenvalue weighted by molar-refractivity contribution is 7.16. The van der Waals surface area contributed by atoms with Crippen LogP contribution < -0.4 is 15.5 Å². The van der Waals surface area contributed by atoms with E-state index in [9.17, 15) is 9.18 Å². The minimum atomic E-state index is -0.645. The molecule has 0 saturated heterocycles. The molecule has 24 heavy (non-hydrogen) atoms. The largest absolute Gasteiger partial charge is 0.352 e. The molecule has 2 aromatic rings. The highest BCUT2D eigenvalue weighted by Crippen LogP contribution is 2.40. The first-order valence-corrected chi connectivity index (χ1v) is 9.27. The Morgan fingerprint density at radius 1 is 1.42 bits per heavy atom. The lowest BCUT2D eigenvalue weighted by atomic mass is 10.0. The number of nitrogens with one attached hydrogen (secondary N) is 3. The Morgan fingerprint density at radius 2 is 2.25 bits per heavy atom. The van der Waals surface area contributed by atoms with Crippen LogP contribution in [0.3, 0.4) is 0 Å². The Labute approximate surface area is 148 Å². The van der Waals surface area contributed by atoms with Crippen LogP contribution in [0, 0.1) is 5.82 Å². The molecule has 2 aliphatic rings. The first kappa shape index (κ1) is 15.9. The predicted molar refractivity (Wildman–Crippen MR) is 93.3 cm³/mol. The van der Waals surface area contributed by atoms with Crippen LogP contribution in [0.25, 0.3) is 0 Å². The minimum Gasteiger partial charge on any atom is -0.352 e. The normalized spacial score (nSPS) is 22.4. The molecule has 2 unspecified atom stereocenters. The predicted octanol–water partition coefficient (Wildman–Crippen LogP) is 2.36. The molecule has 0 spiro atoms. The SMILES string of the molecule is CC[NH+]1CCc2c(sc3c2C(=O)NC(c2c(F)cccc2Cl)N3)C1. The Balaban J connectivity index is 1.71. The lowest BCUT2D eigenvalue weighted by molar-refractivity contribution is -0.913. The molecule has 1 amide bonds. The van der Waals surface area contributed by atoms with Gasteiger partial charge in [0.2, 0.25) is 0 Å². The van der Waals surface area contributed by atoms with E-state index in [2.05, 4.69) is 17.6 Å². The number of carbonyl (C=O) groups is 1. The number of quaternary nitrogens is 1. The van der Waals surface area contributed by atoms with Crippen molar-refractivity contribution in [3.8, 4) is 0 Å². The van der Waals surface area contributed by atoms with Crippen molar-refractivity contribution in [1.82, 2.24) is 5.32 Å². The number of halogens is 2. The number of thiophene rings is 1. The third-order valence-corrected chi connectivity index (χ3v) is 6.29. The number of rotatable bonds is 2. The van der Waals surface area contributed by atoms with Gasteiger partial charge in [0.15, 0.2) is 0 Å². The number of fused-ring (bicyclic) bond motifs is 3. The molecule has 0 bridgehead atoms. The van der Waals surface area contributed by atoms with Crippen LogP contribution in [0.1, 0.15) is 39.5 Å². The van der Waals surface area contributed by atoms with Crippen LogP contribution in [0.4, 0.5) is 9.39 Å².